The Morgan fingerprint density at radius 3 is 2.83 bits per heavy atom. The number of aliphatic hydroxyl groups is 1. The molecule has 1 aliphatic carbocycles. The van der Waals surface area contributed by atoms with E-state index >= 15 is 0 Å². The second kappa shape index (κ2) is 5.67. The molecule has 0 aromatic carbocycles. The van der Waals surface area contributed by atoms with Gasteiger partial charge in [0.1, 0.15) is 0 Å². The highest BCUT2D eigenvalue weighted by Gasteiger charge is 2.32. The van der Waals surface area contributed by atoms with Crippen LogP contribution in [0.1, 0.15) is 31.4 Å². The van der Waals surface area contributed by atoms with Crippen LogP contribution in [0.2, 0.25) is 0 Å². The molecule has 0 atom stereocenters. The number of hydrogen-bond donors (Lipinski definition) is 2. The van der Waals surface area contributed by atoms with Gasteiger partial charge >= 0.3 is 0 Å². The highest BCUT2D eigenvalue weighted by atomic mass is 16.3. The summed E-state index contributed by atoms with van der Waals surface area (Å²) in [5, 5.41) is 13.5. The number of nitrogens with one attached hydrogen (secondary N) is 1. The van der Waals surface area contributed by atoms with Crippen molar-refractivity contribution in [3.8, 4) is 0 Å². The van der Waals surface area contributed by atoms with E-state index in [0.29, 0.717) is 0 Å². The smallest absolute Gasteiger partial charge is 0.0774 e. The van der Waals surface area contributed by atoms with Gasteiger partial charge in [-0.15, -0.1) is 0 Å². The van der Waals surface area contributed by atoms with Gasteiger partial charge in [0.25, 0.3) is 0 Å². The fraction of sp³-hybridized carbons (Fsp3) is 0.643. The third kappa shape index (κ3) is 3.43. The van der Waals surface area contributed by atoms with Gasteiger partial charge in [-0.3, -0.25) is 9.88 Å². The van der Waals surface area contributed by atoms with E-state index in [0.717, 1.165) is 50.2 Å². The Morgan fingerprint density at radius 1 is 1.44 bits per heavy atom. The summed E-state index contributed by atoms with van der Waals surface area (Å²) in [7, 11) is 3.95. The highest BCUT2D eigenvalue weighted by molar-refractivity contribution is 5.42. The first kappa shape index (κ1) is 13.3. The van der Waals surface area contributed by atoms with E-state index < -0.39 is 5.60 Å². The van der Waals surface area contributed by atoms with E-state index in [-0.39, 0.29) is 0 Å². The van der Waals surface area contributed by atoms with Gasteiger partial charge in [0.15, 0.2) is 0 Å². The quantitative estimate of drug-likeness (QED) is 0.836. The molecule has 1 aromatic heterocycles. The number of aromatic nitrogens is 1. The van der Waals surface area contributed by atoms with Crippen molar-refractivity contribution in [3.05, 3.63) is 24.0 Å². The van der Waals surface area contributed by atoms with Gasteiger partial charge in [-0.2, -0.15) is 0 Å². The lowest BCUT2D eigenvalue weighted by Crippen LogP contribution is -2.38. The number of hydrogen-bond acceptors (Lipinski definition) is 4. The first-order valence-electron chi connectivity index (χ1n) is 6.65. The summed E-state index contributed by atoms with van der Waals surface area (Å²) in [4.78, 5) is 6.52. The van der Waals surface area contributed by atoms with Gasteiger partial charge < -0.3 is 10.4 Å². The topological polar surface area (TPSA) is 48.4 Å². The second-order valence-electron chi connectivity index (χ2n) is 5.39. The third-order valence-electron chi connectivity index (χ3n) is 3.64. The van der Waals surface area contributed by atoms with Crippen LogP contribution in [-0.4, -0.2) is 41.2 Å². The van der Waals surface area contributed by atoms with E-state index in [9.17, 15) is 5.11 Å². The van der Waals surface area contributed by atoms with Crippen molar-refractivity contribution in [2.75, 3.05) is 26.0 Å². The standard InChI is InChI=1S/C14H23N3O/c1-15-12-5-8-16-13(9-12)10-17(2)11-14(18)6-3-4-7-14/h5,8-9,18H,3-4,6-7,10-11H2,1-2H3,(H,15,16). The normalized spacial score (nSPS) is 18.2. The molecule has 100 valence electrons. The summed E-state index contributed by atoms with van der Waals surface area (Å²) in [6, 6.07) is 4.00. The molecule has 0 radical (unpaired) electrons. The predicted octanol–water partition coefficient (Wildman–Crippen LogP) is 1.86. The first-order chi connectivity index (χ1) is 8.61. The largest absolute Gasteiger partial charge is 0.389 e. The van der Waals surface area contributed by atoms with Crippen LogP contribution >= 0.6 is 0 Å². The fourth-order valence-electron chi connectivity index (χ4n) is 2.75. The van der Waals surface area contributed by atoms with E-state index in [1.807, 2.05) is 26.4 Å². The average molecular weight is 249 g/mol. The van der Waals surface area contributed by atoms with Crippen LogP contribution in [0.15, 0.2) is 18.3 Å². The van der Waals surface area contributed by atoms with Crippen LogP contribution in [0.5, 0.6) is 0 Å². The molecule has 1 saturated carbocycles. The molecule has 0 aliphatic heterocycles. The van der Waals surface area contributed by atoms with Crippen molar-refractivity contribution in [1.29, 1.82) is 0 Å². The van der Waals surface area contributed by atoms with E-state index in [2.05, 4.69) is 21.3 Å². The Morgan fingerprint density at radius 2 is 2.17 bits per heavy atom. The van der Waals surface area contributed by atoms with Crippen LogP contribution in [-0.2, 0) is 6.54 Å². The summed E-state index contributed by atoms with van der Waals surface area (Å²) in [5.41, 5.74) is 1.63. The minimum absolute atomic E-state index is 0.477. The van der Waals surface area contributed by atoms with Crippen molar-refractivity contribution in [2.45, 2.75) is 37.8 Å². The number of likely N-dealkylation sites (N-methyl/N-ethyl adjacent to an activating group) is 1. The van der Waals surface area contributed by atoms with Crippen LogP contribution < -0.4 is 5.32 Å². The molecule has 0 amide bonds. The summed E-state index contributed by atoms with van der Waals surface area (Å²) >= 11 is 0. The molecule has 1 fully saturated rings. The molecule has 2 rings (SSSR count). The summed E-state index contributed by atoms with van der Waals surface area (Å²) in [6.07, 6.45) is 5.98. The number of rotatable bonds is 5. The van der Waals surface area contributed by atoms with Crippen molar-refractivity contribution >= 4 is 5.69 Å². The molecule has 1 aliphatic rings. The van der Waals surface area contributed by atoms with Crippen molar-refractivity contribution < 1.29 is 5.11 Å². The monoisotopic (exact) mass is 249 g/mol. The van der Waals surface area contributed by atoms with Gasteiger partial charge in [-0.25, -0.2) is 0 Å². The molecule has 4 nitrogen and oxygen atoms in total. The van der Waals surface area contributed by atoms with Gasteiger partial charge in [-0.1, -0.05) is 12.8 Å². The van der Waals surface area contributed by atoms with Gasteiger partial charge in [0, 0.05) is 32.0 Å². The molecule has 1 heterocycles. The lowest BCUT2D eigenvalue weighted by atomic mass is 10.0. The highest BCUT2D eigenvalue weighted by Crippen LogP contribution is 2.30. The second-order valence-corrected chi connectivity index (χ2v) is 5.39. The molecule has 1 aromatic rings. The Bertz CT molecular complexity index is 388. The molecule has 0 unspecified atom stereocenters. The number of anilines is 1. The molecule has 0 bridgehead atoms. The summed E-state index contributed by atoms with van der Waals surface area (Å²) in [6.45, 7) is 1.51. The Kier molecular flexibility index (Phi) is 4.19. The fourth-order valence-corrected chi connectivity index (χ4v) is 2.75. The summed E-state index contributed by atoms with van der Waals surface area (Å²) in [5.74, 6) is 0. The number of nitrogens with zero attached hydrogens (tertiary/aromatic N) is 2. The Balaban J connectivity index is 1.91. The van der Waals surface area contributed by atoms with E-state index in [1.165, 1.54) is 0 Å². The van der Waals surface area contributed by atoms with Crippen LogP contribution in [0.3, 0.4) is 0 Å². The van der Waals surface area contributed by atoms with Gasteiger partial charge in [0.05, 0.1) is 11.3 Å². The van der Waals surface area contributed by atoms with Crippen molar-refractivity contribution in [3.63, 3.8) is 0 Å². The minimum Gasteiger partial charge on any atom is -0.389 e. The van der Waals surface area contributed by atoms with E-state index in [4.69, 9.17) is 0 Å². The predicted molar refractivity (Wildman–Crippen MR) is 73.5 cm³/mol. The Labute approximate surface area is 109 Å². The molecule has 0 saturated heterocycles. The molecule has 0 spiro atoms. The lowest BCUT2D eigenvalue weighted by molar-refractivity contribution is 0.0143. The molecular formula is C14H23N3O. The Hall–Kier alpha value is -1.13. The third-order valence-corrected chi connectivity index (χ3v) is 3.64. The molecule has 18 heavy (non-hydrogen) atoms. The van der Waals surface area contributed by atoms with Crippen molar-refractivity contribution in [1.82, 2.24) is 9.88 Å². The lowest BCUT2D eigenvalue weighted by Gasteiger charge is -2.28. The van der Waals surface area contributed by atoms with Gasteiger partial charge in [-0.05, 0) is 32.0 Å². The van der Waals surface area contributed by atoms with Gasteiger partial charge in [0.2, 0.25) is 0 Å². The van der Waals surface area contributed by atoms with Crippen molar-refractivity contribution in [2.24, 2.45) is 0 Å². The van der Waals surface area contributed by atoms with E-state index in [1.54, 1.807) is 0 Å². The maximum Gasteiger partial charge on any atom is 0.0774 e. The molecular weight excluding hydrogens is 226 g/mol. The van der Waals surface area contributed by atoms with Crippen LogP contribution in [0.4, 0.5) is 5.69 Å². The zero-order chi connectivity index (χ0) is 13.0. The minimum atomic E-state index is -0.477. The first-order valence-corrected chi connectivity index (χ1v) is 6.65. The zero-order valence-corrected chi connectivity index (χ0v) is 11.3. The maximum atomic E-state index is 10.4. The molecule has 2 N–H and O–H groups in total. The van der Waals surface area contributed by atoms with Crippen LogP contribution in [0, 0.1) is 0 Å². The van der Waals surface area contributed by atoms with Crippen LogP contribution in [0.25, 0.3) is 0 Å². The summed E-state index contributed by atoms with van der Waals surface area (Å²) < 4.78 is 0. The maximum absolute atomic E-state index is 10.4. The zero-order valence-electron chi connectivity index (χ0n) is 11.3. The molecule has 4 heteroatoms. The number of pyridine rings is 1. The SMILES string of the molecule is CNc1ccnc(CN(C)CC2(O)CCCC2)c1. The average Bonchev–Trinajstić information content (AvgIpc) is 2.75.